The predicted octanol–water partition coefficient (Wildman–Crippen LogP) is 1.22. The van der Waals surface area contributed by atoms with Crippen molar-refractivity contribution in [3.63, 3.8) is 0 Å². The Bertz CT molecular complexity index is 500. The summed E-state index contributed by atoms with van der Waals surface area (Å²) in [6, 6.07) is 12.8. The van der Waals surface area contributed by atoms with Crippen molar-refractivity contribution in [1.82, 2.24) is 9.80 Å². The van der Waals surface area contributed by atoms with Gasteiger partial charge in [-0.1, -0.05) is 30.3 Å². The van der Waals surface area contributed by atoms with Crippen LogP contribution in [0.2, 0.25) is 0 Å². The molecule has 3 heteroatoms. The molecular weight excluding hydrogens is 224 g/mol. The topological polar surface area (TPSA) is 23.6 Å². The van der Waals surface area contributed by atoms with Crippen LogP contribution in [-0.4, -0.2) is 47.8 Å². The Balaban J connectivity index is 1.70. The van der Waals surface area contributed by atoms with Gasteiger partial charge in [-0.25, -0.2) is 0 Å². The van der Waals surface area contributed by atoms with Crippen LogP contribution in [0.25, 0.3) is 0 Å². The summed E-state index contributed by atoms with van der Waals surface area (Å²) in [7, 11) is 0. The van der Waals surface area contributed by atoms with E-state index in [0.717, 1.165) is 19.6 Å². The second-order valence-electron chi connectivity index (χ2n) is 4.87. The first kappa shape index (κ1) is 11.3. The Morgan fingerprint density at radius 2 is 2.00 bits per heavy atom. The molecule has 3 rings (SSSR count). The lowest BCUT2D eigenvalue weighted by molar-refractivity contribution is 0.105. The average molecular weight is 240 g/mol. The molecule has 2 aliphatic rings. The number of carbonyl (C=O) groups is 1. The zero-order valence-corrected chi connectivity index (χ0v) is 10.3. The first-order chi connectivity index (χ1) is 8.83. The Labute approximate surface area is 107 Å². The summed E-state index contributed by atoms with van der Waals surface area (Å²) in [6.07, 6.45) is 1.17. The minimum atomic E-state index is -0.0870. The normalized spacial score (nSPS) is 25.4. The van der Waals surface area contributed by atoms with Crippen molar-refractivity contribution in [1.29, 1.82) is 0 Å². The van der Waals surface area contributed by atoms with Crippen molar-refractivity contribution in [2.75, 3.05) is 26.2 Å². The van der Waals surface area contributed by atoms with Crippen LogP contribution in [0.4, 0.5) is 0 Å². The molecule has 0 N–H and O–H groups in total. The third-order valence-electron chi connectivity index (χ3n) is 3.69. The van der Waals surface area contributed by atoms with Gasteiger partial charge in [0, 0.05) is 37.8 Å². The lowest BCUT2D eigenvalue weighted by Gasteiger charge is -2.31. The van der Waals surface area contributed by atoms with Crippen LogP contribution in [0.3, 0.4) is 0 Å². The molecule has 0 saturated carbocycles. The van der Waals surface area contributed by atoms with Crippen LogP contribution in [0.1, 0.15) is 16.8 Å². The largest absolute Gasteiger partial charge is 0.327 e. The van der Waals surface area contributed by atoms with E-state index >= 15 is 0 Å². The lowest BCUT2D eigenvalue weighted by atomic mass is 10.1. The van der Waals surface area contributed by atoms with Crippen LogP contribution in [0.15, 0.2) is 30.3 Å². The van der Waals surface area contributed by atoms with Gasteiger partial charge in [-0.2, -0.15) is 0 Å². The van der Waals surface area contributed by atoms with Crippen molar-refractivity contribution in [3.8, 4) is 12.0 Å². The molecule has 2 saturated heterocycles. The minimum absolute atomic E-state index is 0.0870. The van der Waals surface area contributed by atoms with Gasteiger partial charge >= 0.3 is 0 Å². The predicted molar refractivity (Wildman–Crippen MR) is 70.1 cm³/mol. The van der Waals surface area contributed by atoms with Crippen molar-refractivity contribution in [3.05, 3.63) is 35.9 Å². The number of benzene rings is 1. The maximum absolute atomic E-state index is 11.9. The summed E-state index contributed by atoms with van der Waals surface area (Å²) < 4.78 is 0. The van der Waals surface area contributed by atoms with Crippen LogP contribution in [-0.2, 0) is 0 Å². The Morgan fingerprint density at radius 1 is 1.17 bits per heavy atom. The number of hydrogen-bond acceptors (Lipinski definition) is 3. The second kappa shape index (κ2) is 4.83. The molecule has 3 nitrogen and oxygen atoms in total. The Kier molecular flexibility index (Phi) is 3.04. The molecule has 0 spiro atoms. The van der Waals surface area contributed by atoms with E-state index in [2.05, 4.69) is 21.8 Å². The average Bonchev–Trinajstić information content (AvgIpc) is 2.81. The number of carbonyl (C=O) groups excluding carboxylic acids is 1. The van der Waals surface area contributed by atoms with Crippen molar-refractivity contribution in [2.45, 2.75) is 12.5 Å². The maximum Gasteiger partial charge on any atom is 0.237 e. The smallest absolute Gasteiger partial charge is 0.237 e. The van der Waals surface area contributed by atoms with E-state index in [9.17, 15) is 4.79 Å². The summed E-state index contributed by atoms with van der Waals surface area (Å²) in [5.74, 6) is 2.68. The van der Waals surface area contributed by atoms with Gasteiger partial charge in [0.05, 0.1) is 6.04 Å². The first-order valence-electron chi connectivity index (χ1n) is 6.43. The fraction of sp³-hybridized carbons (Fsp3) is 0.400. The van der Waals surface area contributed by atoms with Gasteiger partial charge in [0.1, 0.15) is 0 Å². The van der Waals surface area contributed by atoms with E-state index in [0.29, 0.717) is 11.6 Å². The molecule has 2 heterocycles. The van der Waals surface area contributed by atoms with Gasteiger partial charge in [0.15, 0.2) is 0 Å². The SMILES string of the molecule is O=C(C#CN1CCN2CCC1C2)c1ccccc1. The number of piperazine rings is 1. The summed E-state index contributed by atoms with van der Waals surface area (Å²) in [5, 5.41) is 0. The standard InChI is InChI=1S/C15H16N2O/c18-15(13-4-2-1-3-5-13)7-9-17-11-10-16-8-6-14(17)12-16/h1-5,14H,6,8,10-12H2. The van der Waals surface area contributed by atoms with Gasteiger partial charge in [0.25, 0.3) is 0 Å². The van der Waals surface area contributed by atoms with Crippen LogP contribution in [0.5, 0.6) is 0 Å². The third-order valence-corrected chi connectivity index (χ3v) is 3.69. The molecule has 0 aromatic heterocycles. The number of Topliss-reactive ketones (excluding diaryl/α,β-unsaturated/α-hetero) is 1. The van der Waals surface area contributed by atoms with Crippen LogP contribution in [0, 0.1) is 12.0 Å². The number of rotatable bonds is 1. The fourth-order valence-corrected chi connectivity index (χ4v) is 2.63. The molecule has 2 unspecified atom stereocenters. The fourth-order valence-electron chi connectivity index (χ4n) is 2.63. The minimum Gasteiger partial charge on any atom is -0.327 e. The molecule has 1 aromatic rings. The Morgan fingerprint density at radius 3 is 2.83 bits per heavy atom. The highest BCUT2D eigenvalue weighted by Gasteiger charge is 2.30. The summed E-state index contributed by atoms with van der Waals surface area (Å²) >= 11 is 0. The van der Waals surface area contributed by atoms with Gasteiger partial charge in [-0.3, -0.25) is 9.69 Å². The van der Waals surface area contributed by atoms with Gasteiger partial charge in [-0.05, 0) is 12.3 Å². The number of fused-ring (bicyclic) bond motifs is 2. The molecule has 0 radical (unpaired) electrons. The zero-order valence-electron chi connectivity index (χ0n) is 10.3. The maximum atomic E-state index is 11.9. The van der Waals surface area contributed by atoms with Crippen molar-refractivity contribution >= 4 is 5.78 Å². The summed E-state index contributed by atoms with van der Waals surface area (Å²) in [6.45, 7) is 4.31. The molecule has 0 amide bonds. The second-order valence-corrected chi connectivity index (χ2v) is 4.87. The van der Waals surface area contributed by atoms with Crippen LogP contribution >= 0.6 is 0 Å². The number of ketones is 1. The zero-order chi connectivity index (χ0) is 12.4. The summed E-state index contributed by atoms with van der Waals surface area (Å²) in [5.41, 5.74) is 0.676. The molecule has 2 aliphatic heterocycles. The highest BCUT2D eigenvalue weighted by Crippen LogP contribution is 2.19. The lowest BCUT2D eigenvalue weighted by Crippen LogP contribution is -2.44. The molecule has 2 atom stereocenters. The van der Waals surface area contributed by atoms with Crippen molar-refractivity contribution in [2.24, 2.45) is 0 Å². The van der Waals surface area contributed by atoms with E-state index in [-0.39, 0.29) is 5.78 Å². The molecule has 1 aromatic carbocycles. The molecule has 2 bridgehead atoms. The van der Waals surface area contributed by atoms with Gasteiger partial charge in [0.2, 0.25) is 5.78 Å². The molecular formula is C15H16N2O. The highest BCUT2D eigenvalue weighted by molar-refractivity contribution is 6.08. The van der Waals surface area contributed by atoms with Crippen LogP contribution < -0.4 is 0 Å². The molecule has 18 heavy (non-hydrogen) atoms. The molecule has 2 fully saturated rings. The Hall–Kier alpha value is -1.79. The van der Waals surface area contributed by atoms with Crippen molar-refractivity contribution < 1.29 is 4.79 Å². The van der Waals surface area contributed by atoms with E-state index in [1.54, 1.807) is 0 Å². The quantitative estimate of drug-likeness (QED) is 0.545. The van der Waals surface area contributed by atoms with E-state index < -0.39 is 0 Å². The molecule has 92 valence electrons. The summed E-state index contributed by atoms with van der Waals surface area (Å²) in [4.78, 5) is 16.5. The van der Waals surface area contributed by atoms with Gasteiger partial charge in [-0.15, -0.1) is 0 Å². The number of nitrogens with zero attached hydrogens (tertiary/aromatic N) is 2. The van der Waals surface area contributed by atoms with E-state index in [1.807, 2.05) is 30.3 Å². The molecule has 0 aliphatic carbocycles. The van der Waals surface area contributed by atoms with E-state index in [1.165, 1.54) is 13.0 Å². The third kappa shape index (κ3) is 2.25. The highest BCUT2D eigenvalue weighted by atomic mass is 16.1. The number of hydrogen-bond donors (Lipinski definition) is 0. The van der Waals surface area contributed by atoms with E-state index in [4.69, 9.17) is 0 Å². The monoisotopic (exact) mass is 240 g/mol. The first-order valence-corrected chi connectivity index (χ1v) is 6.43. The van der Waals surface area contributed by atoms with Gasteiger partial charge < -0.3 is 4.90 Å².